The van der Waals surface area contributed by atoms with Gasteiger partial charge in [0.15, 0.2) is 10.9 Å². The number of thiazole rings is 1. The van der Waals surface area contributed by atoms with Crippen LogP contribution in [0.15, 0.2) is 47.8 Å². The molecule has 1 amide bonds. The second-order valence-corrected chi connectivity index (χ2v) is 8.17. The van der Waals surface area contributed by atoms with Gasteiger partial charge in [-0.25, -0.2) is 4.98 Å². The molecule has 0 bridgehead atoms. The van der Waals surface area contributed by atoms with Gasteiger partial charge in [0.25, 0.3) is 5.91 Å². The maximum atomic E-state index is 12.6. The van der Waals surface area contributed by atoms with Gasteiger partial charge in [-0.05, 0) is 48.9 Å². The van der Waals surface area contributed by atoms with Gasteiger partial charge in [-0.2, -0.15) is 0 Å². The Bertz CT molecular complexity index is 1070. The molecule has 2 N–H and O–H groups in total. The van der Waals surface area contributed by atoms with E-state index in [2.05, 4.69) is 15.6 Å². The molecule has 7 nitrogen and oxygen atoms in total. The third-order valence-corrected chi connectivity index (χ3v) is 5.69. The van der Waals surface area contributed by atoms with E-state index in [1.165, 1.54) is 11.3 Å². The SMILES string of the molecule is COCCCC(=O)CNc1ccc(C(=O)Nc2nc(-c3ccc(OC)cc3Cl)cs2)cc1. The van der Waals surface area contributed by atoms with Crippen molar-refractivity contribution in [2.75, 3.05) is 38.0 Å². The number of methoxy groups -OCH3 is 2. The maximum absolute atomic E-state index is 12.6. The Morgan fingerprint density at radius 3 is 2.59 bits per heavy atom. The molecular weight excluding hydrogens is 450 g/mol. The zero-order valence-electron chi connectivity index (χ0n) is 17.8. The van der Waals surface area contributed by atoms with E-state index >= 15 is 0 Å². The molecule has 0 radical (unpaired) electrons. The average molecular weight is 474 g/mol. The number of hydrogen-bond acceptors (Lipinski definition) is 7. The average Bonchev–Trinajstić information content (AvgIpc) is 3.26. The van der Waals surface area contributed by atoms with Gasteiger partial charge in [0.2, 0.25) is 0 Å². The van der Waals surface area contributed by atoms with Gasteiger partial charge < -0.3 is 14.8 Å². The number of ketones is 1. The lowest BCUT2D eigenvalue weighted by molar-refractivity contribution is -0.117. The van der Waals surface area contributed by atoms with Crippen LogP contribution in [-0.2, 0) is 9.53 Å². The van der Waals surface area contributed by atoms with Crippen LogP contribution in [0.3, 0.4) is 0 Å². The standard InChI is InChI=1S/C23H24ClN3O4S/c1-30-11-3-4-17(28)13-25-16-7-5-15(6-8-16)22(29)27-23-26-21(14-32-23)19-10-9-18(31-2)12-20(19)24/h5-10,12,14,25H,3-4,11,13H2,1-2H3,(H,26,27,29). The number of carbonyl (C=O) groups is 2. The summed E-state index contributed by atoms with van der Waals surface area (Å²) in [6.07, 6.45) is 1.18. The Kier molecular flexibility index (Phi) is 8.61. The monoisotopic (exact) mass is 473 g/mol. The number of Topliss-reactive ketones (excluding diaryl/α,β-unsaturated/α-hetero) is 1. The van der Waals surface area contributed by atoms with Crippen LogP contribution in [0.2, 0.25) is 5.02 Å². The van der Waals surface area contributed by atoms with E-state index in [0.29, 0.717) is 46.6 Å². The first-order chi connectivity index (χ1) is 15.5. The molecule has 0 saturated carbocycles. The number of anilines is 2. The summed E-state index contributed by atoms with van der Waals surface area (Å²) in [7, 11) is 3.19. The van der Waals surface area contributed by atoms with Crippen molar-refractivity contribution in [3.8, 4) is 17.0 Å². The first kappa shape index (κ1) is 23.7. The molecule has 0 aliphatic carbocycles. The zero-order chi connectivity index (χ0) is 22.9. The van der Waals surface area contributed by atoms with E-state index < -0.39 is 0 Å². The van der Waals surface area contributed by atoms with Crippen LogP contribution < -0.4 is 15.4 Å². The van der Waals surface area contributed by atoms with E-state index in [0.717, 1.165) is 11.3 Å². The topological polar surface area (TPSA) is 89.5 Å². The van der Waals surface area contributed by atoms with Crippen LogP contribution in [0.25, 0.3) is 11.3 Å². The van der Waals surface area contributed by atoms with Crippen LogP contribution in [0.4, 0.5) is 10.8 Å². The quantitative estimate of drug-likeness (QED) is 0.375. The molecular formula is C23H24ClN3O4S. The third kappa shape index (κ3) is 6.53. The molecule has 0 aliphatic heterocycles. The van der Waals surface area contributed by atoms with Gasteiger partial charge in [0, 0.05) is 42.3 Å². The summed E-state index contributed by atoms with van der Waals surface area (Å²) in [4.78, 5) is 28.8. The second kappa shape index (κ2) is 11.6. The van der Waals surface area contributed by atoms with E-state index in [-0.39, 0.29) is 18.2 Å². The molecule has 3 rings (SSSR count). The van der Waals surface area contributed by atoms with Crippen LogP contribution in [0.1, 0.15) is 23.2 Å². The fourth-order valence-corrected chi connectivity index (χ4v) is 3.87. The van der Waals surface area contributed by atoms with Crippen molar-refractivity contribution in [1.82, 2.24) is 4.98 Å². The minimum absolute atomic E-state index is 0.111. The molecule has 1 aromatic heterocycles. The summed E-state index contributed by atoms with van der Waals surface area (Å²) < 4.78 is 10.1. The van der Waals surface area contributed by atoms with Crippen molar-refractivity contribution < 1.29 is 19.1 Å². The lowest BCUT2D eigenvalue weighted by atomic mass is 10.1. The Labute approximate surface area is 195 Å². The number of carbonyl (C=O) groups excluding carboxylic acids is 2. The van der Waals surface area contributed by atoms with Crippen molar-refractivity contribution in [2.45, 2.75) is 12.8 Å². The predicted octanol–water partition coefficient (Wildman–Crippen LogP) is 5.13. The molecule has 0 spiro atoms. The lowest BCUT2D eigenvalue weighted by Gasteiger charge is -2.07. The molecule has 0 saturated heterocycles. The normalized spacial score (nSPS) is 10.6. The molecule has 0 atom stereocenters. The zero-order valence-corrected chi connectivity index (χ0v) is 19.4. The van der Waals surface area contributed by atoms with E-state index in [1.807, 2.05) is 17.5 Å². The number of ether oxygens (including phenoxy) is 2. The van der Waals surface area contributed by atoms with Gasteiger partial charge in [-0.1, -0.05) is 11.6 Å². The summed E-state index contributed by atoms with van der Waals surface area (Å²) in [5, 5.41) is 8.70. The molecule has 0 fully saturated rings. The van der Waals surface area contributed by atoms with Gasteiger partial charge in [0.1, 0.15) is 5.75 Å². The highest BCUT2D eigenvalue weighted by atomic mass is 35.5. The van der Waals surface area contributed by atoms with Crippen LogP contribution in [-0.4, -0.2) is 44.0 Å². The number of amides is 1. The Morgan fingerprint density at radius 2 is 1.91 bits per heavy atom. The molecule has 1 heterocycles. The largest absolute Gasteiger partial charge is 0.497 e. The van der Waals surface area contributed by atoms with Gasteiger partial charge >= 0.3 is 0 Å². The fraction of sp³-hybridized carbons (Fsp3) is 0.261. The summed E-state index contributed by atoms with van der Waals surface area (Å²) in [6, 6.07) is 12.3. The van der Waals surface area contributed by atoms with Gasteiger partial charge in [-0.15, -0.1) is 11.3 Å². The van der Waals surface area contributed by atoms with Gasteiger partial charge in [0.05, 0.1) is 24.4 Å². The smallest absolute Gasteiger partial charge is 0.257 e. The molecule has 3 aromatic rings. The van der Waals surface area contributed by atoms with Crippen LogP contribution >= 0.6 is 22.9 Å². The molecule has 32 heavy (non-hydrogen) atoms. The molecule has 0 unspecified atom stereocenters. The number of nitrogens with zero attached hydrogens (tertiary/aromatic N) is 1. The van der Waals surface area contributed by atoms with E-state index in [1.54, 1.807) is 44.6 Å². The summed E-state index contributed by atoms with van der Waals surface area (Å²) >= 11 is 7.63. The Balaban J connectivity index is 1.56. The molecule has 2 aromatic carbocycles. The minimum atomic E-state index is -0.270. The Morgan fingerprint density at radius 1 is 1.12 bits per heavy atom. The highest BCUT2D eigenvalue weighted by Gasteiger charge is 2.12. The maximum Gasteiger partial charge on any atom is 0.257 e. The van der Waals surface area contributed by atoms with Crippen molar-refractivity contribution in [2.24, 2.45) is 0 Å². The fourth-order valence-electron chi connectivity index (χ4n) is 2.90. The van der Waals surface area contributed by atoms with Crippen molar-refractivity contribution in [1.29, 1.82) is 0 Å². The first-order valence-electron chi connectivity index (χ1n) is 9.95. The number of benzene rings is 2. The molecule has 168 valence electrons. The van der Waals surface area contributed by atoms with Crippen molar-refractivity contribution >= 4 is 45.4 Å². The number of nitrogens with one attached hydrogen (secondary N) is 2. The lowest BCUT2D eigenvalue weighted by Crippen LogP contribution is -2.15. The summed E-state index contributed by atoms with van der Waals surface area (Å²) in [5.74, 6) is 0.505. The number of aromatic nitrogens is 1. The second-order valence-electron chi connectivity index (χ2n) is 6.90. The predicted molar refractivity (Wildman–Crippen MR) is 128 cm³/mol. The third-order valence-electron chi connectivity index (χ3n) is 4.62. The Hall–Kier alpha value is -2.94. The van der Waals surface area contributed by atoms with Gasteiger partial charge in [-0.3, -0.25) is 14.9 Å². The van der Waals surface area contributed by atoms with Crippen molar-refractivity contribution in [3.05, 3.63) is 58.4 Å². The van der Waals surface area contributed by atoms with Crippen LogP contribution in [0.5, 0.6) is 5.75 Å². The first-order valence-corrected chi connectivity index (χ1v) is 11.2. The van der Waals surface area contributed by atoms with Crippen LogP contribution in [0, 0.1) is 0 Å². The molecule has 9 heteroatoms. The number of hydrogen-bond donors (Lipinski definition) is 2. The molecule has 0 aliphatic rings. The van der Waals surface area contributed by atoms with Crippen molar-refractivity contribution in [3.63, 3.8) is 0 Å². The van der Waals surface area contributed by atoms with E-state index in [4.69, 9.17) is 21.1 Å². The van der Waals surface area contributed by atoms with E-state index in [9.17, 15) is 9.59 Å². The summed E-state index contributed by atoms with van der Waals surface area (Å²) in [5.41, 5.74) is 2.69. The highest BCUT2D eigenvalue weighted by Crippen LogP contribution is 2.33. The number of halogens is 1. The highest BCUT2D eigenvalue weighted by molar-refractivity contribution is 7.14. The summed E-state index contributed by atoms with van der Waals surface area (Å²) in [6.45, 7) is 0.814. The number of rotatable bonds is 11. The minimum Gasteiger partial charge on any atom is -0.497 e.